The maximum absolute atomic E-state index is 11.9. The van der Waals surface area contributed by atoms with Crippen LogP contribution in [0.4, 0.5) is 9.93 Å². The second-order valence-electron chi connectivity index (χ2n) is 4.65. The molecule has 3 aromatic rings. The first-order valence-corrected chi connectivity index (χ1v) is 7.33. The minimum Gasteiger partial charge on any atom is -0.334 e. The van der Waals surface area contributed by atoms with Gasteiger partial charge in [-0.2, -0.15) is 0 Å². The number of carbonyl (C=O) groups is 1. The van der Waals surface area contributed by atoms with Crippen LogP contribution in [0.1, 0.15) is 11.1 Å². The number of hydrogen-bond acceptors (Lipinski definition) is 4. The third kappa shape index (κ3) is 3.35. The van der Waals surface area contributed by atoms with Crippen LogP contribution in [0, 0.1) is 6.92 Å². The van der Waals surface area contributed by atoms with Crippen molar-refractivity contribution in [3.05, 3.63) is 53.9 Å². The standard InChI is InChI=1S/C15H14N4OS/c1-10-2-3-12-13(8-10)21-15(18-12)19-14(20)17-9-11-4-6-16-7-5-11/h2-8H,9H2,1H3,(H2,17,18,19,20). The summed E-state index contributed by atoms with van der Waals surface area (Å²) in [4.78, 5) is 20.2. The van der Waals surface area contributed by atoms with E-state index in [4.69, 9.17) is 0 Å². The number of aromatic nitrogens is 2. The Morgan fingerprint density at radius 2 is 2.05 bits per heavy atom. The minimum atomic E-state index is -0.261. The van der Waals surface area contributed by atoms with E-state index in [1.807, 2.05) is 31.2 Å². The van der Waals surface area contributed by atoms with Gasteiger partial charge >= 0.3 is 6.03 Å². The Hall–Kier alpha value is -2.47. The maximum atomic E-state index is 11.9. The quantitative estimate of drug-likeness (QED) is 0.779. The number of anilines is 1. The second kappa shape index (κ2) is 5.88. The average Bonchev–Trinajstić information content (AvgIpc) is 2.87. The van der Waals surface area contributed by atoms with Crippen LogP contribution in [-0.4, -0.2) is 16.0 Å². The molecule has 0 fully saturated rings. The van der Waals surface area contributed by atoms with Gasteiger partial charge in [0.15, 0.2) is 5.13 Å². The van der Waals surface area contributed by atoms with Gasteiger partial charge in [0.25, 0.3) is 0 Å². The van der Waals surface area contributed by atoms with E-state index in [0.29, 0.717) is 11.7 Å². The summed E-state index contributed by atoms with van der Waals surface area (Å²) in [6, 6.07) is 9.49. The van der Waals surface area contributed by atoms with Gasteiger partial charge in [0.2, 0.25) is 0 Å². The molecule has 0 radical (unpaired) electrons. The number of nitrogens with one attached hydrogen (secondary N) is 2. The third-order valence-corrected chi connectivity index (χ3v) is 3.90. The van der Waals surface area contributed by atoms with Gasteiger partial charge in [-0.1, -0.05) is 17.4 Å². The molecule has 0 saturated carbocycles. The largest absolute Gasteiger partial charge is 0.334 e. The molecule has 0 aliphatic heterocycles. The number of thiazole rings is 1. The lowest BCUT2D eigenvalue weighted by atomic mass is 10.2. The number of benzene rings is 1. The molecular weight excluding hydrogens is 284 g/mol. The van der Waals surface area contributed by atoms with Gasteiger partial charge in [-0.25, -0.2) is 9.78 Å². The lowest BCUT2D eigenvalue weighted by Gasteiger charge is -2.04. The number of fused-ring (bicyclic) bond motifs is 1. The van der Waals surface area contributed by atoms with Gasteiger partial charge in [0.1, 0.15) is 0 Å². The van der Waals surface area contributed by atoms with Gasteiger partial charge in [-0.05, 0) is 42.3 Å². The van der Waals surface area contributed by atoms with Gasteiger partial charge in [0, 0.05) is 18.9 Å². The van der Waals surface area contributed by atoms with Crippen molar-refractivity contribution in [2.24, 2.45) is 0 Å². The van der Waals surface area contributed by atoms with Gasteiger partial charge in [-0.3, -0.25) is 10.3 Å². The third-order valence-electron chi connectivity index (χ3n) is 2.97. The predicted octanol–water partition coefficient (Wildman–Crippen LogP) is 3.32. The summed E-state index contributed by atoms with van der Waals surface area (Å²) >= 11 is 1.47. The summed E-state index contributed by atoms with van der Waals surface area (Å²) < 4.78 is 1.07. The molecule has 0 unspecified atom stereocenters. The van der Waals surface area contributed by atoms with Crippen molar-refractivity contribution < 1.29 is 4.79 Å². The molecule has 0 spiro atoms. The second-order valence-corrected chi connectivity index (χ2v) is 5.68. The highest BCUT2D eigenvalue weighted by molar-refractivity contribution is 7.22. The summed E-state index contributed by atoms with van der Waals surface area (Å²) in [5.41, 5.74) is 3.08. The fraction of sp³-hybridized carbons (Fsp3) is 0.133. The fourth-order valence-corrected chi connectivity index (χ4v) is 2.87. The van der Waals surface area contributed by atoms with Crippen LogP contribution < -0.4 is 10.6 Å². The molecule has 5 nitrogen and oxygen atoms in total. The van der Waals surface area contributed by atoms with E-state index in [2.05, 4.69) is 26.7 Å². The summed E-state index contributed by atoms with van der Waals surface area (Å²) in [6.07, 6.45) is 3.40. The van der Waals surface area contributed by atoms with E-state index in [1.54, 1.807) is 12.4 Å². The Labute approximate surface area is 126 Å². The zero-order valence-electron chi connectivity index (χ0n) is 11.5. The molecule has 2 aromatic heterocycles. The summed E-state index contributed by atoms with van der Waals surface area (Å²) in [6.45, 7) is 2.49. The molecule has 2 amide bonds. The fourth-order valence-electron chi connectivity index (χ4n) is 1.91. The monoisotopic (exact) mass is 298 g/mol. The molecule has 3 rings (SSSR count). The number of hydrogen-bond donors (Lipinski definition) is 2. The smallest absolute Gasteiger partial charge is 0.321 e. The van der Waals surface area contributed by atoms with E-state index in [-0.39, 0.29) is 6.03 Å². The Bertz CT molecular complexity index is 770. The summed E-state index contributed by atoms with van der Waals surface area (Å²) in [5.74, 6) is 0. The van der Waals surface area contributed by atoms with E-state index >= 15 is 0 Å². The topological polar surface area (TPSA) is 66.9 Å². The molecule has 106 valence electrons. The van der Waals surface area contributed by atoms with Crippen LogP contribution in [-0.2, 0) is 6.54 Å². The molecule has 6 heteroatoms. The van der Waals surface area contributed by atoms with Crippen LogP contribution in [0.15, 0.2) is 42.7 Å². The number of carbonyl (C=O) groups excluding carboxylic acids is 1. The molecule has 0 bridgehead atoms. The molecule has 0 atom stereocenters. The van der Waals surface area contributed by atoms with Crippen LogP contribution in [0.3, 0.4) is 0 Å². The van der Waals surface area contributed by atoms with Crippen molar-refractivity contribution in [2.45, 2.75) is 13.5 Å². The van der Waals surface area contributed by atoms with E-state index in [9.17, 15) is 4.79 Å². The molecule has 21 heavy (non-hydrogen) atoms. The van der Waals surface area contributed by atoms with E-state index in [1.165, 1.54) is 16.9 Å². The molecule has 0 saturated heterocycles. The summed E-state index contributed by atoms with van der Waals surface area (Å²) in [5, 5.41) is 6.15. The van der Waals surface area contributed by atoms with Crippen LogP contribution in [0.2, 0.25) is 0 Å². The minimum absolute atomic E-state index is 0.261. The van der Waals surface area contributed by atoms with Gasteiger partial charge < -0.3 is 5.32 Å². The first kappa shape index (κ1) is 13.5. The molecular formula is C15H14N4OS. The first-order valence-electron chi connectivity index (χ1n) is 6.52. The Kier molecular flexibility index (Phi) is 3.79. The normalized spacial score (nSPS) is 10.5. The van der Waals surface area contributed by atoms with E-state index < -0.39 is 0 Å². The summed E-state index contributed by atoms with van der Waals surface area (Å²) in [7, 11) is 0. The highest BCUT2D eigenvalue weighted by Crippen LogP contribution is 2.26. The molecule has 0 aliphatic carbocycles. The lowest BCUT2D eigenvalue weighted by molar-refractivity contribution is 0.251. The van der Waals surface area contributed by atoms with Crippen molar-refractivity contribution in [1.82, 2.24) is 15.3 Å². The molecule has 2 heterocycles. The Balaban J connectivity index is 1.63. The van der Waals surface area contributed by atoms with Crippen molar-refractivity contribution in [3.8, 4) is 0 Å². The van der Waals surface area contributed by atoms with Gasteiger partial charge in [0.05, 0.1) is 10.2 Å². The zero-order chi connectivity index (χ0) is 14.7. The van der Waals surface area contributed by atoms with Crippen LogP contribution >= 0.6 is 11.3 Å². The Morgan fingerprint density at radius 3 is 2.86 bits per heavy atom. The number of nitrogens with zero attached hydrogens (tertiary/aromatic N) is 2. The highest BCUT2D eigenvalue weighted by atomic mass is 32.1. The van der Waals surface area contributed by atoms with E-state index in [0.717, 1.165) is 15.8 Å². The number of pyridine rings is 1. The van der Waals surface area contributed by atoms with Gasteiger partial charge in [-0.15, -0.1) is 0 Å². The number of urea groups is 1. The molecule has 0 aliphatic rings. The van der Waals surface area contributed by atoms with Crippen molar-refractivity contribution >= 4 is 32.7 Å². The highest BCUT2D eigenvalue weighted by Gasteiger charge is 2.07. The average molecular weight is 298 g/mol. The number of aryl methyl sites for hydroxylation is 1. The lowest BCUT2D eigenvalue weighted by Crippen LogP contribution is -2.28. The van der Waals surface area contributed by atoms with Crippen LogP contribution in [0.25, 0.3) is 10.2 Å². The zero-order valence-corrected chi connectivity index (χ0v) is 12.3. The van der Waals surface area contributed by atoms with Crippen molar-refractivity contribution in [3.63, 3.8) is 0 Å². The SMILES string of the molecule is Cc1ccc2nc(NC(=O)NCc3ccncc3)sc2c1. The maximum Gasteiger partial charge on any atom is 0.321 e. The number of amides is 2. The first-order chi connectivity index (χ1) is 10.2. The predicted molar refractivity (Wildman–Crippen MR) is 84.5 cm³/mol. The van der Waals surface area contributed by atoms with Crippen molar-refractivity contribution in [2.75, 3.05) is 5.32 Å². The Morgan fingerprint density at radius 1 is 1.24 bits per heavy atom. The van der Waals surface area contributed by atoms with Crippen molar-refractivity contribution in [1.29, 1.82) is 0 Å². The molecule has 1 aromatic carbocycles. The molecule has 2 N–H and O–H groups in total. The number of rotatable bonds is 3. The van der Waals surface area contributed by atoms with Crippen LogP contribution in [0.5, 0.6) is 0 Å².